The van der Waals surface area contributed by atoms with Gasteiger partial charge in [-0.15, -0.1) is 0 Å². The van der Waals surface area contributed by atoms with E-state index >= 15 is 0 Å². The Hall–Kier alpha value is -4.00. The number of hydrogen-bond acceptors (Lipinski definition) is 5. The lowest BCUT2D eigenvalue weighted by Gasteiger charge is -2.13. The van der Waals surface area contributed by atoms with Crippen LogP contribution in [-0.4, -0.2) is 30.0 Å². The van der Waals surface area contributed by atoms with Gasteiger partial charge >= 0.3 is 0 Å². The molecule has 7 heteroatoms. The predicted molar refractivity (Wildman–Crippen MR) is 121 cm³/mol. The van der Waals surface area contributed by atoms with E-state index < -0.39 is 0 Å². The van der Waals surface area contributed by atoms with E-state index in [1.54, 1.807) is 12.1 Å². The molecule has 1 heterocycles. The van der Waals surface area contributed by atoms with E-state index in [-0.39, 0.29) is 17.5 Å². The van der Waals surface area contributed by atoms with E-state index in [9.17, 15) is 9.18 Å². The van der Waals surface area contributed by atoms with E-state index in [1.165, 1.54) is 12.1 Å². The Bertz CT molecular complexity index is 1210. The maximum Gasteiger partial charge on any atom is 0.289 e. The summed E-state index contributed by atoms with van der Waals surface area (Å²) in [5.74, 6) is -0.146. The van der Waals surface area contributed by atoms with Gasteiger partial charge in [0.2, 0.25) is 5.82 Å². The fourth-order valence-corrected chi connectivity index (χ4v) is 3.12. The van der Waals surface area contributed by atoms with E-state index in [0.717, 1.165) is 16.6 Å². The molecular formula is C24H22FN5O. The molecule has 0 saturated heterocycles. The molecule has 1 aromatic heterocycles. The average Bonchev–Trinajstić information content (AvgIpc) is 2.79. The van der Waals surface area contributed by atoms with Crippen molar-refractivity contribution in [3.8, 4) is 0 Å². The summed E-state index contributed by atoms with van der Waals surface area (Å²) in [7, 11) is 3.96. The van der Waals surface area contributed by atoms with Crippen LogP contribution in [0.2, 0.25) is 0 Å². The number of benzene rings is 3. The van der Waals surface area contributed by atoms with E-state index in [4.69, 9.17) is 0 Å². The zero-order valence-corrected chi connectivity index (χ0v) is 17.3. The predicted octanol–water partition coefficient (Wildman–Crippen LogP) is 4.51. The van der Waals surface area contributed by atoms with Crippen LogP contribution in [0.1, 0.15) is 16.2 Å². The molecule has 1 amide bonds. The number of nitrogens with zero attached hydrogens (tertiary/aromatic N) is 3. The summed E-state index contributed by atoms with van der Waals surface area (Å²) < 4.78 is 13.2. The molecule has 0 unspecified atom stereocenters. The second kappa shape index (κ2) is 8.79. The lowest BCUT2D eigenvalue weighted by Crippen LogP contribution is -2.25. The van der Waals surface area contributed by atoms with Gasteiger partial charge in [-0.25, -0.2) is 14.4 Å². The quantitative estimate of drug-likeness (QED) is 0.485. The standard InChI is InChI=1S/C24H22FN5O/c1-30(2)19-13-7-16(8-14-19)15-26-24(31)23-28-21-6-4-3-5-20(21)22(29-23)27-18-11-9-17(25)10-12-18/h3-14H,15H2,1-2H3,(H,26,31)(H,27,28,29). The number of hydrogen-bond donors (Lipinski definition) is 2. The highest BCUT2D eigenvalue weighted by Gasteiger charge is 2.14. The summed E-state index contributed by atoms with van der Waals surface area (Å²) in [5.41, 5.74) is 3.37. The number of carbonyl (C=O) groups is 1. The van der Waals surface area contributed by atoms with Crippen molar-refractivity contribution in [1.82, 2.24) is 15.3 Å². The van der Waals surface area contributed by atoms with Crippen LogP contribution in [0.25, 0.3) is 10.9 Å². The largest absolute Gasteiger partial charge is 0.378 e. The summed E-state index contributed by atoms with van der Waals surface area (Å²) in [6, 6.07) is 21.3. The maximum absolute atomic E-state index is 13.2. The van der Waals surface area contributed by atoms with Crippen LogP contribution in [0.3, 0.4) is 0 Å². The Labute approximate surface area is 179 Å². The minimum atomic E-state index is -0.371. The Morgan fingerprint density at radius 3 is 2.35 bits per heavy atom. The number of carbonyl (C=O) groups excluding carboxylic acids is 1. The lowest BCUT2D eigenvalue weighted by atomic mass is 10.2. The van der Waals surface area contributed by atoms with Crippen LogP contribution in [0.15, 0.2) is 72.8 Å². The van der Waals surface area contributed by atoms with Crippen LogP contribution in [0.5, 0.6) is 0 Å². The smallest absolute Gasteiger partial charge is 0.289 e. The van der Waals surface area contributed by atoms with Gasteiger partial charge in [-0.05, 0) is 54.1 Å². The zero-order chi connectivity index (χ0) is 21.8. The Kier molecular flexibility index (Phi) is 5.75. The van der Waals surface area contributed by atoms with Crippen LogP contribution < -0.4 is 15.5 Å². The zero-order valence-electron chi connectivity index (χ0n) is 17.3. The summed E-state index contributed by atoms with van der Waals surface area (Å²) in [6.45, 7) is 0.365. The molecule has 0 aliphatic carbocycles. The summed E-state index contributed by atoms with van der Waals surface area (Å²) >= 11 is 0. The molecule has 0 saturated carbocycles. The van der Waals surface area contributed by atoms with Gasteiger partial charge in [0.25, 0.3) is 5.91 Å². The highest BCUT2D eigenvalue weighted by Crippen LogP contribution is 2.24. The molecule has 3 aromatic carbocycles. The third kappa shape index (κ3) is 4.78. The van der Waals surface area contributed by atoms with Crippen molar-refractivity contribution in [2.75, 3.05) is 24.3 Å². The third-order valence-corrected chi connectivity index (χ3v) is 4.82. The molecule has 0 fully saturated rings. The molecule has 0 bridgehead atoms. The summed E-state index contributed by atoms with van der Waals surface area (Å²) in [4.78, 5) is 23.6. The Morgan fingerprint density at radius 2 is 1.65 bits per heavy atom. The first-order valence-corrected chi connectivity index (χ1v) is 9.83. The number of halogens is 1. The van der Waals surface area contributed by atoms with Crippen molar-refractivity contribution >= 4 is 34.0 Å². The number of nitrogens with one attached hydrogen (secondary N) is 2. The van der Waals surface area contributed by atoms with Crippen molar-refractivity contribution in [2.45, 2.75) is 6.54 Å². The topological polar surface area (TPSA) is 70.2 Å². The second-order valence-electron chi connectivity index (χ2n) is 7.29. The molecule has 4 rings (SSSR count). The molecule has 0 aliphatic rings. The molecule has 2 N–H and O–H groups in total. The van der Waals surface area contributed by atoms with Gasteiger partial charge in [-0.3, -0.25) is 4.79 Å². The van der Waals surface area contributed by atoms with Crippen molar-refractivity contribution in [3.63, 3.8) is 0 Å². The van der Waals surface area contributed by atoms with Crippen LogP contribution in [-0.2, 0) is 6.54 Å². The first-order chi connectivity index (χ1) is 15.0. The molecule has 0 radical (unpaired) electrons. The molecular weight excluding hydrogens is 393 g/mol. The number of rotatable bonds is 6. The van der Waals surface area contributed by atoms with Crippen molar-refractivity contribution in [1.29, 1.82) is 0 Å². The van der Waals surface area contributed by atoms with Gasteiger partial charge in [0.15, 0.2) is 0 Å². The fraction of sp³-hybridized carbons (Fsp3) is 0.125. The number of amides is 1. The van der Waals surface area contributed by atoms with Gasteiger partial charge in [0.1, 0.15) is 11.6 Å². The number of anilines is 3. The van der Waals surface area contributed by atoms with Crippen molar-refractivity contribution < 1.29 is 9.18 Å². The minimum absolute atomic E-state index is 0.0632. The second-order valence-corrected chi connectivity index (χ2v) is 7.29. The summed E-state index contributed by atoms with van der Waals surface area (Å²) in [5, 5.41) is 6.80. The van der Waals surface area contributed by atoms with Gasteiger partial charge in [-0.2, -0.15) is 0 Å². The van der Waals surface area contributed by atoms with Gasteiger partial charge in [0, 0.05) is 37.4 Å². The molecule has 0 atom stereocenters. The van der Waals surface area contributed by atoms with Gasteiger partial charge in [-0.1, -0.05) is 24.3 Å². The highest BCUT2D eigenvalue weighted by molar-refractivity contribution is 5.97. The highest BCUT2D eigenvalue weighted by atomic mass is 19.1. The van der Waals surface area contributed by atoms with Gasteiger partial charge < -0.3 is 15.5 Å². The maximum atomic E-state index is 13.2. The van der Waals surface area contributed by atoms with Crippen LogP contribution in [0.4, 0.5) is 21.6 Å². The molecule has 4 aromatic rings. The first-order valence-electron chi connectivity index (χ1n) is 9.83. The number of aromatic nitrogens is 2. The monoisotopic (exact) mass is 415 g/mol. The van der Waals surface area contributed by atoms with E-state index in [0.29, 0.717) is 23.6 Å². The average molecular weight is 415 g/mol. The molecule has 31 heavy (non-hydrogen) atoms. The van der Waals surface area contributed by atoms with E-state index in [1.807, 2.05) is 67.5 Å². The first kappa shape index (κ1) is 20.3. The Morgan fingerprint density at radius 1 is 0.935 bits per heavy atom. The van der Waals surface area contributed by atoms with Crippen LogP contribution >= 0.6 is 0 Å². The molecule has 6 nitrogen and oxygen atoms in total. The number of para-hydroxylation sites is 1. The summed E-state index contributed by atoms with van der Waals surface area (Å²) in [6.07, 6.45) is 0. The lowest BCUT2D eigenvalue weighted by molar-refractivity contribution is 0.0941. The molecule has 0 aliphatic heterocycles. The number of fused-ring (bicyclic) bond motifs is 1. The van der Waals surface area contributed by atoms with Crippen molar-refractivity contribution in [3.05, 3.63) is 90.0 Å². The Balaban J connectivity index is 1.56. The SMILES string of the molecule is CN(C)c1ccc(CNC(=O)c2nc(Nc3ccc(F)cc3)c3ccccc3n2)cc1. The normalized spacial score (nSPS) is 10.7. The van der Waals surface area contributed by atoms with Crippen LogP contribution in [0, 0.1) is 5.82 Å². The fourth-order valence-electron chi connectivity index (χ4n) is 3.12. The molecule has 156 valence electrons. The van der Waals surface area contributed by atoms with E-state index in [2.05, 4.69) is 20.6 Å². The van der Waals surface area contributed by atoms with Crippen molar-refractivity contribution in [2.24, 2.45) is 0 Å². The minimum Gasteiger partial charge on any atom is -0.378 e. The third-order valence-electron chi connectivity index (χ3n) is 4.82. The van der Waals surface area contributed by atoms with Gasteiger partial charge in [0.05, 0.1) is 5.52 Å². The molecule has 0 spiro atoms.